The van der Waals surface area contributed by atoms with Gasteiger partial charge in [-0.1, -0.05) is 13.0 Å². The second-order valence-corrected chi connectivity index (χ2v) is 8.21. The monoisotopic (exact) mass is 335 g/mol. The van der Waals surface area contributed by atoms with Gasteiger partial charge >= 0.3 is 0 Å². The van der Waals surface area contributed by atoms with Gasteiger partial charge in [-0.25, -0.2) is 8.42 Å². The first kappa shape index (κ1) is 17.9. The van der Waals surface area contributed by atoms with E-state index in [0.29, 0.717) is 18.2 Å². The summed E-state index contributed by atoms with van der Waals surface area (Å²) in [6, 6.07) is 8.70. The summed E-state index contributed by atoms with van der Waals surface area (Å²) in [5.74, 6) is 0.0897. The van der Waals surface area contributed by atoms with Gasteiger partial charge in [0.05, 0.1) is 22.3 Å². The van der Waals surface area contributed by atoms with Crippen LogP contribution >= 0.6 is 0 Å². The van der Waals surface area contributed by atoms with Crippen molar-refractivity contribution in [3.8, 4) is 6.07 Å². The summed E-state index contributed by atoms with van der Waals surface area (Å²) in [6.07, 6.45) is 2.18. The van der Waals surface area contributed by atoms with Gasteiger partial charge in [0, 0.05) is 12.6 Å². The molecule has 1 heterocycles. The van der Waals surface area contributed by atoms with E-state index in [1.807, 2.05) is 13.1 Å². The van der Waals surface area contributed by atoms with Crippen LogP contribution in [0.4, 0.5) is 0 Å². The lowest BCUT2D eigenvalue weighted by Gasteiger charge is -2.36. The maximum Gasteiger partial charge on any atom is 0.179 e. The molecule has 1 aliphatic heterocycles. The summed E-state index contributed by atoms with van der Waals surface area (Å²) in [5, 5.41) is 8.90. The summed E-state index contributed by atoms with van der Waals surface area (Å²) in [6.45, 7) is 5.95. The number of piperidine rings is 1. The molecule has 2 rings (SSSR count). The minimum absolute atomic E-state index is 0.0897. The topological polar surface area (TPSA) is 64.4 Å². The van der Waals surface area contributed by atoms with E-state index in [2.05, 4.69) is 16.7 Å². The van der Waals surface area contributed by atoms with Crippen LogP contribution in [-0.4, -0.2) is 63.2 Å². The van der Waals surface area contributed by atoms with Crippen LogP contribution < -0.4 is 0 Å². The van der Waals surface area contributed by atoms with Gasteiger partial charge in [0.1, 0.15) is 0 Å². The van der Waals surface area contributed by atoms with Crippen molar-refractivity contribution in [2.75, 3.05) is 39.0 Å². The highest BCUT2D eigenvalue weighted by Gasteiger charge is 2.23. The number of hydrogen-bond donors (Lipinski definition) is 0. The van der Waals surface area contributed by atoms with Gasteiger partial charge in [0.15, 0.2) is 9.84 Å². The van der Waals surface area contributed by atoms with Crippen molar-refractivity contribution in [3.63, 3.8) is 0 Å². The van der Waals surface area contributed by atoms with E-state index >= 15 is 0 Å². The average Bonchev–Trinajstić information content (AvgIpc) is 2.60. The number of benzene rings is 1. The third kappa shape index (κ3) is 4.77. The van der Waals surface area contributed by atoms with Gasteiger partial charge in [-0.15, -0.1) is 0 Å². The Labute approximate surface area is 139 Å². The van der Waals surface area contributed by atoms with E-state index in [1.165, 1.54) is 6.07 Å². The molecule has 1 aliphatic rings. The maximum absolute atomic E-state index is 12.4. The molecule has 1 aromatic rings. The summed E-state index contributed by atoms with van der Waals surface area (Å²) >= 11 is 0. The lowest BCUT2D eigenvalue weighted by atomic mass is 10.0. The van der Waals surface area contributed by atoms with Crippen molar-refractivity contribution < 1.29 is 8.42 Å². The Morgan fingerprint density at radius 1 is 1.35 bits per heavy atom. The van der Waals surface area contributed by atoms with Crippen LogP contribution in [0.15, 0.2) is 29.2 Å². The summed E-state index contributed by atoms with van der Waals surface area (Å²) in [7, 11) is -1.34. The lowest BCUT2D eigenvalue weighted by Crippen LogP contribution is -2.44. The standard InChI is InChI=1S/C17H25N3O2S/c1-3-20-9-7-16(8-10-20)19(2)11-12-23(21,22)17-6-4-5-15(13-17)14-18/h4-6,13,16H,3,7-12H2,1-2H3. The molecule has 0 bridgehead atoms. The normalized spacial score (nSPS) is 17.3. The first-order valence-electron chi connectivity index (χ1n) is 8.12. The van der Waals surface area contributed by atoms with E-state index in [9.17, 15) is 8.42 Å². The Bertz CT molecular complexity index is 659. The molecule has 1 fully saturated rings. The molecule has 0 spiro atoms. The van der Waals surface area contributed by atoms with Gasteiger partial charge in [-0.2, -0.15) is 5.26 Å². The van der Waals surface area contributed by atoms with E-state index < -0.39 is 9.84 Å². The molecular formula is C17H25N3O2S. The van der Waals surface area contributed by atoms with Crippen molar-refractivity contribution in [3.05, 3.63) is 29.8 Å². The zero-order chi connectivity index (χ0) is 16.9. The molecule has 23 heavy (non-hydrogen) atoms. The molecule has 6 heteroatoms. The smallest absolute Gasteiger partial charge is 0.179 e. The zero-order valence-electron chi connectivity index (χ0n) is 13.9. The third-order valence-electron chi connectivity index (χ3n) is 4.66. The molecular weight excluding hydrogens is 310 g/mol. The lowest BCUT2D eigenvalue weighted by molar-refractivity contribution is 0.136. The molecule has 0 aliphatic carbocycles. The molecule has 0 aromatic heterocycles. The minimum Gasteiger partial charge on any atom is -0.303 e. The third-order valence-corrected chi connectivity index (χ3v) is 6.35. The van der Waals surface area contributed by atoms with Crippen molar-refractivity contribution in [2.45, 2.75) is 30.7 Å². The fourth-order valence-corrected chi connectivity index (χ4v) is 4.36. The largest absolute Gasteiger partial charge is 0.303 e. The van der Waals surface area contributed by atoms with Crippen LogP contribution in [0, 0.1) is 11.3 Å². The summed E-state index contributed by atoms with van der Waals surface area (Å²) in [5.41, 5.74) is 0.381. The van der Waals surface area contributed by atoms with Gasteiger partial charge in [-0.3, -0.25) is 0 Å². The molecule has 126 valence electrons. The Morgan fingerprint density at radius 3 is 2.65 bits per heavy atom. The van der Waals surface area contributed by atoms with Crippen LogP contribution in [0.25, 0.3) is 0 Å². The summed E-state index contributed by atoms with van der Waals surface area (Å²) < 4.78 is 24.9. The van der Waals surface area contributed by atoms with E-state index in [0.717, 1.165) is 32.5 Å². The number of hydrogen-bond acceptors (Lipinski definition) is 5. The number of sulfone groups is 1. The van der Waals surface area contributed by atoms with Crippen LogP contribution in [0.3, 0.4) is 0 Å². The highest BCUT2D eigenvalue weighted by molar-refractivity contribution is 7.91. The van der Waals surface area contributed by atoms with Gasteiger partial charge in [-0.05, 0) is 57.7 Å². The Balaban J connectivity index is 1.92. The highest BCUT2D eigenvalue weighted by Crippen LogP contribution is 2.17. The van der Waals surface area contributed by atoms with Gasteiger partial charge in [0.25, 0.3) is 0 Å². The quantitative estimate of drug-likeness (QED) is 0.792. The second kappa shape index (κ2) is 7.91. The Hall–Kier alpha value is -1.42. The van der Waals surface area contributed by atoms with Crippen molar-refractivity contribution in [1.29, 1.82) is 5.26 Å². The zero-order valence-corrected chi connectivity index (χ0v) is 14.7. The van der Waals surface area contributed by atoms with Gasteiger partial charge in [0.2, 0.25) is 0 Å². The van der Waals surface area contributed by atoms with Crippen LogP contribution in [-0.2, 0) is 9.84 Å². The Kier molecular flexibility index (Phi) is 6.17. The minimum atomic E-state index is -3.35. The van der Waals surface area contributed by atoms with Gasteiger partial charge < -0.3 is 9.80 Å². The first-order valence-corrected chi connectivity index (χ1v) is 9.77. The fraction of sp³-hybridized carbons (Fsp3) is 0.588. The second-order valence-electron chi connectivity index (χ2n) is 6.10. The SMILES string of the molecule is CCN1CCC(N(C)CCS(=O)(=O)c2cccc(C#N)c2)CC1. The number of nitrogens with zero attached hydrogens (tertiary/aromatic N) is 3. The van der Waals surface area contributed by atoms with Crippen molar-refractivity contribution in [1.82, 2.24) is 9.80 Å². The fourth-order valence-electron chi connectivity index (χ4n) is 3.00. The molecule has 0 N–H and O–H groups in total. The van der Waals surface area contributed by atoms with Crippen LogP contribution in [0.5, 0.6) is 0 Å². The first-order chi connectivity index (χ1) is 11.0. The molecule has 0 radical (unpaired) electrons. The van der Waals surface area contributed by atoms with Crippen molar-refractivity contribution >= 4 is 9.84 Å². The molecule has 1 aromatic carbocycles. The van der Waals surface area contributed by atoms with E-state index in [4.69, 9.17) is 5.26 Å². The van der Waals surface area contributed by atoms with Crippen LogP contribution in [0.1, 0.15) is 25.3 Å². The van der Waals surface area contributed by atoms with E-state index in [-0.39, 0.29) is 10.6 Å². The molecule has 0 saturated carbocycles. The van der Waals surface area contributed by atoms with Crippen molar-refractivity contribution in [2.24, 2.45) is 0 Å². The molecule has 1 saturated heterocycles. The highest BCUT2D eigenvalue weighted by atomic mass is 32.2. The predicted octanol–water partition coefficient (Wildman–Crippen LogP) is 1.75. The Morgan fingerprint density at radius 2 is 2.04 bits per heavy atom. The predicted molar refractivity (Wildman–Crippen MR) is 91.0 cm³/mol. The molecule has 0 unspecified atom stereocenters. The number of likely N-dealkylation sites (tertiary alicyclic amines) is 1. The maximum atomic E-state index is 12.4. The average molecular weight is 335 g/mol. The molecule has 5 nitrogen and oxygen atoms in total. The number of nitriles is 1. The number of rotatable bonds is 6. The summed E-state index contributed by atoms with van der Waals surface area (Å²) in [4.78, 5) is 4.83. The van der Waals surface area contributed by atoms with Crippen LogP contribution in [0.2, 0.25) is 0 Å². The molecule has 0 amide bonds. The molecule has 0 atom stereocenters. The van der Waals surface area contributed by atoms with E-state index in [1.54, 1.807) is 18.2 Å².